The SMILES string of the molecule is C[C@@H]1C[C@@H](c2ncc(-c3ccnc(CO)c3F)[nH]2)n2c1cc(-c1c(-n3cnnn3)ccc(Cl)c1F)cc2=O. The molecular formula is C25H19ClF2N8O2. The maximum Gasteiger partial charge on any atom is 0.252 e. The Bertz CT molecular complexity index is 1730. The first kappa shape index (κ1) is 24.1. The Kier molecular flexibility index (Phi) is 5.84. The third-order valence-electron chi connectivity index (χ3n) is 6.76. The fourth-order valence-corrected chi connectivity index (χ4v) is 5.14. The Balaban J connectivity index is 1.44. The third-order valence-corrected chi connectivity index (χ3v) is 7.05. The van der Waals surface area contributed by atoms with Gasteiger partial charge < -0.3 is 14.7 Å². The molecule has 0 saturated carbocycles. The van der Waals surface area contributed by atoms with Crippen LogP contribution in [-0.2, 0) is 6.61 Å². The smallest absolute Gasteiger partial charge is 0.252 e. The monoisotopic (exact) mass is 536 g/mol. The number of rotatable bonds is 5. The van der Waals surface area contributed by atoms with E-state index in [-0.39, 0.29) is 33.3 Å². The number of H-pyrrole nitrogens is 1. The van der Waals surface area contributed by atoms with Gasteiger partial charge in [0.2, 0.25) is 0 Å². The van der Waals surface area contributed by atoms with E-state index in [4.69, 9.17) is 11.6 Å². The summed E-state index contributed by atoms with van der Waals surface area (Å²) in [5.41, 5.74) is 1.65. The van der Waals surface area contributed by atoms with Gasteiger partial charge in [0.25, 0.3) is 5.56 Å². The molecule has 0 fully saturated rings. The molecule has 0 unspecified atom stereocenters. The van der Waals surface area contributed by atoms with Crippen LogP contribution >= 0.6 is 11.6 Å². The number of pyridine rings is 2. The van der Waals surface area contributed by atoms with Gasteiger partial charge >= 0.3 is 0 Å². The first-order valence-corrected chi connectivity index (χ1v) is 12.0. The van der Waals surface area contributed by atoms with Gasteiger partial charge in [0.05, 0.1) is 35.2 Å². The van der Waals surface area contributed by atoms with E-state index in [1.807, 2.05) is 6.92 Å². The second-order valence-corrected chi connectivity index (χ2v) is 9.41. The van der Waals surface area contributed by atoms with E-state index in [9.17, 15) is 14.3 Å². The molecule has 0 spiro atoms. The lowest BCUT2D eigenvalue weighted by Gasteiger charge is -2.16. The van der Waals surface area contributed by atoms with Crippen LogP contribution in [0.5, 0.6) is 0 Å². The number of imidazole rings is 1. The number of aliphatic hydroxyl groups excluding tert-OH is 1. The van der Waals surface area contributed by atoms with Gasteiger partial charge in [0.15, 0.2) is 11.6 Å². The number of tetrazole rings is 1. The minimum Gasteiger partial charge on any atom is -0.390 e. The minimum atomic E-state index is -0.691. The van der Waals surface area contributed by atoms with E-state index in [0.717, 1.165) is 0 Å². The minimum absolute atomic E-state index is 0.0708. The molecule has 0 bridgehead atoms. The standard InChI is InChI=1S/C25H19ClF2N8O2/c1-12-6-20(25-30-9-16(32-25)14-4-5-29-17(10-37)23(14)27)36-19(12)7-13(8-21(36)38)22-18(35-11-31-33-34-35)3-2-15(26)24(22)28/h2-5,7-9,11-12,20,37H,6,10H2,1H3,(H,30,32)/t12-,20+/m1/s1. The molecule has 1 aliphatic heterocycles. The van der Waals surface area contributed by atoms with Crippen molar-refractivity contribution >= 4 is 11.6 Å². The van der Waals surface area contributed by atoms with Crippen LogP contribution in [0.25, 0.3) is 28.1 Å². The van der Waals surface area contributed by atoms with Crippen molar-refractivity contribution in [2.24, 2.45) is 0 Å². The zero-order valence-corrected chi connectivity index (χ0v) is 20.6. The van der Waals surface area contributed by atoms with Gasteiger partial charge in [-0.25, -0.2) is 13.8 Å². The predicted molar refractivity (Wildman–Crippen MR) is 133 cm³/mol. The normalized spacial score (nSPS) is 16.7. The maximum absolute atomic E-state index is 15.3. The van der Waals surface area contributed by atoms with E-state index < -0.39 is 24.3 Å². The number of halogens is 3. The van der Waals surface area contributed by atoms with Crippen LogP contribution in [0.3, 0.4) is 0 Å². The second-order valence-electron chi connectivity index (χ2n) is 9.00. The van der Waals surface area contributed by atoms with Gasteiger partial charge in [-0.3, -0.25) is 9.78 Å². The van der Waals surface area contributed by atoms with Crippen LogP contribution in [0.15, 0.2) is 53.8 Å². The zero-order valence-electron chi connectivity index (χ0n) is 19.8. The molecule has 5 aromatic rings. The molecule has 1 aliphatic rings. The molecule has 2 N–H and O–H groups in total. The van der Waals surface area contributed by atoms with Gasteiger partial charge in [-0.1, -0.05) is 18.5 Å². The van der Waals surface area contributed by atoms with Crippen molar-refractivity contribution in [1.29, 1.82) is 0 Å². The summed E-state index contributed by atoms with van der Waals surface area (Å²) in [5, 5.41) is 20.3. The summed E-state index contributed by atoms with van der Waals surface area (Å²) in [6.45, 7) is 1.43. The Labute approximate surface area is 218 Å². The van der Waals surface area contributed by atoms with E-state index in [2.05, 4.69) is 30.5 Å². The predicted octanol–water partition coefficient (Wildman–Crippen LogP) is 3.80. The number of aromatic nitrogens is 8. The highest BCUT2D eigenvalue weighted by Gasteiger charge is 2.33. The molecule has 0 saturated heterocycles. The van der Waals surface area contributed by atoms with Gasteiger partial charge in [0, 0.05) is 29.1 Å². The molecule has 192 valence electrons. The highest BCUT2D eigenvalue weighted by molar-refractivity contribution is 6.31. The molecule has 1 aromatic carbocycles. The number of benzene rings is 1. The molecule has 13 heteroatoms. The molecule has 5 heterocycles. The quantitative estimate of drug-likeness (QED) is 0.350. The molecule has 0 amide bonds. The topological polar surface area (TPSA) is 127 Å². The van der Waals surface area contributed by atoms with Crippen molar-refractivity contribution in [3.05, 3.63) is 93.3 Å². The molecule has 2 atom stereocenters. The molecule has 0 aliphatic carbocycles. The van der Waals surface area contributed by atoms with Crippen molar-refractivity contribution in [2.75, 3.05) is 0 Å². The average molecular weight is 537 g/mol. The number of aliphatic hydroxyl groups is 1. The highest BCUT2D eigenvalue weighted by atomic mass is 35.5. The number of nitrogens with one attached hydrogen (secondary N) is 1. The third kappa shape index (κ3) is 3.80. The Morgan fingerprint density at radius 1 is 1.18 bits per heavy atom. The lowest BCUT2D eigenvalue weighted by atomic mass is 9.99. The lowest BCUT2D eigenvalue weighted by Crippen LogP contribution is -2.24. The number of aromatic amines is 1. The summed E-state index contributed by atoms with van der Waals surface area (Å²) in [7, 11) is 0. The summed E-state index contributed by atoms with van der Waals surface area (Å²) in [6, 6.07) is 7.13. The van der Waals surface area contributed by atoms with Crippen molar-refractivity contribution in [2.45, 2.75) is 31.9 Å². The van der Waals surface area contributed by atoms with E-state index >= 15 is 4.39 Å². The van der Waals surface area contributed by atoms with Crippen LogP contribution in [0.1, 0.15) is 42.5 Å². The van der Waals surface area contributed by atoms with Crippen molar-refractivity contribution < 1.29 is 13.9 Å². The zero-order chi connectivity index (χ0) is 26.6. The Morgan fingerprint density at radius 3 is 2.79 bits per heavy atom. The van der Waals surface area contributed by atoms with Crippen LogP contribution in [-0.4, -0.2) is 44.8 Å². The fraction of sp³-hybridized carbons (Fsp3) is 0.200. The van der Waals surface area contributed by atoms with Gasteiger partial charge in [-0.15, -0.1) is 5.10 Å². The maximum atomic E-state index is 15.3. The number of hydrogen-bond donors (Lipinski definition) is 2. The van der Waals surface area contributed by atoms with Crippen molar-refractivity contribution in [3.63, 3.8) is 0 Å². The largest absolute Gasteiger partial charge is 0.390 e. The van der Waals surface area contributed by atoms with Gasteiger partial charge in [-0.2, -0.15) is 4.68 Å². The van der Waals surface area contributed by atoms with E-state index in [1.54, 1.807) is 16.7 Å². The average Bonchev–Trinajstić information content (AvgIpc) is 3.67. The van der Waals surface area contributed by atoms with Crippen LogP contribution < -0.4 is 5.56 Å². The van der Waals surface area contributed by atoms with Crippen molar-refractivity contribution in [3.8, 4) is 28.1 Å². The molecular weight excluding hydrogens is 518 g/mol. The summed E-state index contributed by atoms with van der Waals surface area (Å²) in [4.78, 5) is 24.9. The lowest BCUT2D eigenvalue weighted by molar-refractivity contribution is 0.270. The number of nitrogens with zero attached hydrogens (tertiary/aromatic N) is 7. The van der Waals surface area contributed by atoms with Crippen LogP contribution in [0.2, 0.25) is 5.02 Å². The van der Waals surface area contributed by atoms with Gasteiger partial charge in [-0.05, 0) is 52.6 Å². The van der Waals surface area contributed by atoms with E-state index in [0.29, 0.717) is 34.9 Å². The second kappa shape index (κ2) is 9.23. The molecule has 0 radical (unpaired) electrons. The molecule has 38 heavy (non-hydrogen) atoms. The van der Waals surface area contributed by atoms with Crippen LogP contribution in [0.4, 0.5) is 8.78 Å². The first-order chi connectivity index (χ1) is 18.4. The fourth-order valence-electron chi connectivity index (χ4n) is 4.98. The molecule has 10 nitrogen and oxygen atoms in total. The molecule has 4 aromatic heterocycles. The summed E-state index contributed by atoms with van der Waals surface area (Å²) in [5.74, 6) is -0.929. The number of fused-ring (bicyclic) bond motifs is 1. The summed E-state index contributed by atoms with van der Waals surface area (Å²) >= 11 is 6.09. The van der Waals surface area contributed by atoms with E-state index in [1.165, 1.54) is 41.6 Å². The van der Waals surface area contributed by atoms with Crippen LogP contribution in [0, 0.1) is 11.6 Å². The Hall–Kier alpha value is -4.29. The number of hydrogen-bond acceptors (Lipinski definition) is 7. The van der Waals surface area contributed by atoms with Gasteiger partial charge in [0.1, 0.15) is 17.8 Å². The first-order valence-electron chi connectivity index (χ1n) is 11.6. The summed E-state index contributed by atoms with van der Waals surface area (Å²) in [6.07, 6.45) is 4.76. The van der Waals surface area contributed by atoms with Crippen molar-refractivity contribution in [1.82, 2.24) is 39.7 Å². The molecule has 6 rings (SSSR count). The Morgan fingerprint density at radius 2 is 2.03 bits per heavy atom. The summed E-state index contributed by atoms with van der Waals surface area (Å²) < 4.78 is 33.0. The highest BCUT2D eigenvalue weighted by Crippen LogP contribution is 2.41.